The predicted octanol–water partition coefficient (Wildman–Crippen LogP) is 6.56. The molecule has 31 heavy (non-hydrogen) atoms. The van der Waals surface area contributed by atoms with E-state index >= 15 is 0 Å². The zero-order valence-electron chi connectivity index (χ0n) is 16.3. The summed E-state index contributed by atoms with van der Waals surface area (Å²) in [6, 6.07) is 21.9. The number of thioether (sulfide) groups is 1. The topological polar surface area (TPSA) is 53.9 Å². The number of hydrogen-bond donors (Lipinski definition) is 1. The molecule has 2 amide bonds. The van der Waals surface area contributed by atoms with Crippen molar-refractivity contribution in [3.05, 3.63) is 89.4 Å². The van der Waals surface area contributed by atoms with Crippen molar-refractivity contribution < 1.29 is 18.3 Å². The maximum Gasteiger partial charge on any atom is 0.387 e. The van der Waals surface area contributed by atoms with Crippen molar-refractivity contribution in [2.45, 2.75) is 11.5 Å². The number of amides is 2. The fraction of sp³-hybridized carbons (Fsp3) is 0.0909. The van der Waals surface area contributed by atoms with E-state index in [-0.39, 0.29) is 5.75 Å². The van der Waals surface area contributed by atoms with Crippen molar-refractivity contribution >= 4 is 40.1 Å². The van der Waals surface area contributed by atoms with Crippen LogP contribution in [0.15, 0.2) is 88.9 Å². The Labute approximate surface area is 187 Å². The molecule has 0 saturated carbocycles. The molecule has 5 nitrogen and oxygen atoms in total. The third kappa shape index (κ3) is 6.97. The molecule has 0 aliphatic rings. The van der Waals surface area contributed by atoms with Crippen molar-refractivity contribution in [1.82, 2.24) is 5.01 Å². The fourth-order valence-corrected chi connectivity index (χ4v) is 3.58. The summed E-state index contributed by atoms with van der Waals surface area (Å²) in [5.74, 6) is 0.00174. The standard InChI is InChI=1S/C22H18ClF2N3O2S/c1-28(22(29)26-17-10-12-18(13-11-17)30-21(24)25)27-20(15-6-5-7-16(23)14-15)31-19-8-3-2-4-9-19/h2-14,21H,1H3,(H,26,29). The van der Waals surface area contributed by atoms with E-state index in [2.05, 4.69) is 15.2 Å². The van der Waals surface area contributed by atoms with Crippen molar-refractivity contribution in [2.75, 3.05) is 12.4 Å². The molecule has 3 rings (SSSR count). The van der Waals surface area contributed by atoms with Crippen LogP contribution in [-0.4, -0.2) is 29.7 Å². The zero-order chi connectivity index (χ0) is 22.2. The first kappa shape index (κ1) is 22.6. The maximum absolute atomic E-state index is 12.6. The van der Waals surface area contributed by atoms with Crippen LogP contribution < -0.4 is 10.1 Å². The molecule has 160 valence electrons. The average Bonchev–Trinajstić information content (AvgIpc) is 2.75. The molecule has 0 aliphatic carbocycles. The normalized spacial score (nSPS) is 11.3. The average molecular weight is 462 g/mol. The molecular formula is C22H18ClF2N3O2S. The van der Waals surface area contributed by atoms with Crippen molar-refractivity contribution in [3.8, 4) is 5.75 Å². The Balaban J connectivity index is 1.77. The smallest absolute Gasteiger partial charge is 0.387 e. The molecule has 0 fully saturated rings. The van der Waals surface area contributed by atoms with Gasteiger partial charge in [-0.1, -0.05) is 53.7 Å². The Kier molecular flexibility index (Phi) is 7.86. The van der Waals surface area contributed by atoms with E-state index in [9.17, 15) is 13.6 Å². The molecular weight excluding hydrogens is 444 g/mol. The number of benzene rings is 3. The van der Waals surface area contributed by atoms with Gasteiger partial charge in [-0.3, -0.25) is 0 Å². The van der Waals surface area contributed by atoms with Crippen molar-refractivity contribution in [3.63, 3.8) is 0 Å². The lowest BCUT2D eigenvalue weighted by atomic mass is 10.2. The first-order chi connectivity index (χ1) is 14.9. The highest BCUT2D eigenvalue weighted by atomic mass is 35.5. The summed E-state index contributed by atoms with van der Waals surface area (Å²) in [7, 11) is 1.51. The van der Waals surface area contributed by atoms with E-state index < -0.39 is 12.6 Å². The molecule has 0 aliphatic heterocycles. The highest BCUT2D eigenvalue weighted by Gasteiger charge is 2.13. The third-order valence-corrected chi connectivity index (χ3v) is 5.15. The van der Waals surface area contributed by atoms with E-state index in [4.69, 9.17) is 11.6 Å². The summed E-state index contributed by atoms with van der Waals surface area (Å²) in [5, 5.41) is 9.40. The van der Waals surface area contributed by atoms with Gasteiger partial charge in [-0.2, -0.15) is 13.9 Å². The second kappa shape index (κ2) is 10.8. The summed E-state index contributed by atoms with van der Waals surface area (Å²) in [6.45, 7) is -2.91. The first-order valence-electron chi connectivity index (χ1n) is 9.08. The Bertz CT molecular complexity index is 1050. The minimum absolute atomic E-state index is 0.00174. The molecule has 0 heterocycles. The van der Waals surface area contributed by atoms with E-state index in [1.165, 1.54) is 43.1 Å². The number of carbonyl (C=O) groups excluding carboxylic acids is 1. The number of hydrazone groups is 1. The first-order valence-corrected chi connectivity index (χ1v) is 10.3. The number of nitrogens with one attached hydrogen (secondary N) is 1. The Morgan fingerprint density at radius 2 is 1.77 bits per heavy atom. The summed E-state index contributed by atoms with van der Waals surface area (Å²) < 4.78 is 28.8. The fourth-order valence-electron chi connectivity index (χ4n) is 2.46. The second-order valence-corrected chi connectivity index (χ2v) is 7.69. The Morgan fingerprint density at radius 1 is 1.06 bits per heavy atom. The molecule has 0 radical (unpaired) electrons. The van der Waals surface area contributed by atoms with E-state index in [0.717, 1.165) is 15.5 Å². The van der Waals surface area contributed by atoms with Gasteiger partial charge in [0.05, 0.1) is 0 Å². The third-order valence-electron chi connectivity index (χ3n) is 3.89. The lowest BCUT2D eigenvalue weighted by molar-refractivity contribution is -0.0498. The molecule has 3 aromatic carbocycles. The Hall–Kier alpha value is -3.10. The number of urea groups is 1. The molecule has 0 bridgehead atoms. The molecule has 0 spiro atoms. The number of carbonyl (C=O) groups is 1. The number of alkyl halides is 2. The van der Waals surface area contributed by atoms with Crippen LogP contribution in [0.1, 0.15) is 5.56 Å². The van der Waals surface area contributed by atoms with Crippen LogP contribution in [0.4, 0.5) is 19.3 Å². The molecule has 0 unspecified atom stereocenters. The minimum atomic E-state index is -2.91. The van der Waals surface area contributed by atoms with Crippen molar-refractivity contribution in [1.29, 1.82) is 0 Å². The van der Waals surface area contributed by atoms with E-state index in [1.807, 2.05) is 42.5 Å². The number of hydrogen-bond acceptors (Lipinski definition) is 4. The summed E-state index contributed by atoms with van der Waals surface area (Å²) >= 11 is 7.52. The number of ether oxygens (including phenoxy) is 1. The van der Waals surface area contributed by atoms with Gasteiger partial charge in [0.15, 0.2) is 0 Å². The highest BCUT2D eigenvalue weighted by molar-refractivity contribution is 8.14. The van der Waals surface area contributed by atoms with Crippen LogP contribution in [0.2, 0.25) is 5.02 Å². The van der Waals surface area contributed by atoms with Crippen LogP contribution in [0, 0.1) is 0 Å². The monoisotopic (exact) mass is 461 g/mol. The van der Waals surface area contributed by atoms with Gasteiger partial charge in [0, 0.05) is 28.2 Å². The van der Waals surface area contributed by atoms with Gasteiger partial charge < -0.3 is 10.1 Å². The van der Waals surface area contributed by atoms with Crippen LogP contribution >= 0.6 is 23.4 Å². The van der Waals surface area contributed by atoms with Crippen LogP contribution in [0.5, 0.6) is 5.75 Å². The molecule has 3 aromatic rings. The molecule has 0 saturated heterocycles. The number of halogens is 3. The van der Waals surface area contributed by atoms with Crippen molar-refractivity contribution in [2.24, 2.45) is 5.10 Å². The van der Waals surface area contributed by atoms with E-state index in [1.54, 1.807) is 12.1 Å². The van der Waals surface area contributed by atoms with Gasteiger partial charge in [-0.05, 0) is 48.5 Å². The largest absolute Gasteiger partial charge is 0.435 e. The highest BCUT2D eigenvalue weighted by Crippen LogP contribution is 2.25. The van der Waals surface area contributed by atoms with Gasteiger partial charge in [0.2, 0.25) is 0 Å². The Morgan fingerprint density at radius 3 is 2.42 bits per heavy atom. The predicted molar refractivity (Wildman–Crippen MR) is 120 cm³/mol. The van der Waals surface area contributed by atoms with E-state index in [0.29, 0.717) is 15.8 Å². The molecule has 9 heteroatoms. The maximum atomic E-state index is 12.6. The zero-order valence-corrected chi connectivity index (χ0v) is 17.9. The lowest BCUT2D eigenvalue weighted by Gasteiger charge is -2.16. The number of nitrogens with zero attached hydrogens (tertiary/aromatic N) is 2. The van der Waals surface area contributed by atoms with Gasteiger partial charge in [0.25, 0.3) is 0 Å². The van der Waals surface area contributed by atoms with Crippen LogP contribution in [-0.2, 0) is 0 Å². The molecule has 1 N–H and O–H groups in total. The second-order valence-electron chi connectivity index (χ2n) is 6.19. The quantitative estimate of drug-likeness (QED) is 0.196. The summed E-state index contributed by atoms with van der Waals surface area (Å²) in [5.41, 5.74) is 1.17. The van der Waals surface area contributed by atoms with Crippen LogP contribution in [0.25, 0.3) is 0 Å². The summed E-state index contributed by atoms with van der Waals surface area (Å²) in [4.78, 5) is 13.5. The van der Waals surface area contributed by atoms with Gasteiger partial charge in [-0.15, -0.1) is 0 Å². The molecule has 0 aromatic heterocycles. The summed E-state index contributed by atoms with van der Waals surface area (Å²) in [6.07, 6.45) is 0. The SMILES string of the molecule is CN(N=C(Sc1ccccc1)c1cccc(Cl)c1)C(=O)Nc1ccc(OC(F)F)cc1. The van der Waals surface area contributed by atoms with Gasteiger partial charge >= 0.3 is 12.6 Å². The lowest BCUT2D eigenvalue weighted by Crippen LogP contribution is -2.28. The van der Waals surface area contributed by atoms with Gasteiger partial charge in [-0.25, -0.2) is 9.80 Å². The molecule has 0 atom stereocenters. The number of rotatable bonds is 6. The number of anilines is 1. The van der Waals surface area contributed by atoms with Crippen LogP contribution in [0.3, 0.4) is 0 Å². The van der Waals surface area contributed by atoms with Gasteiger partial charge in [0.1, 0.15) is 10.8 Å². The minimum Gasteiger partial charge on any atom is -0.435 e.